The predicted octanol–water partition coefficient (Wildman–Crippen LogP) is 18.0. The van der Waals surface area contributed by atoms with Crippen LogP contribution in [0.2, 0.25) is 0 Å². The highest BCUT2D eigenvalue weighted by Gasteiger charge is 2.90. The van der Waals surface area contributed by atoms with Gasteiger partial charge in [0.2, 0.25) is 5.91 Å². The lowest BCUT2D eigenvalue weighted by Crippen LogP contribution is -2.64. The molecule has 2 N–H and O–H groups in total. The molecule has 6 heteroatoms. The normalized spacial score (nSPS) is 30.3. The molecule has 3 spiro atoms. The molecule has 6 atom stereocenters. The molecule has 9 aliphatic rings. The Labute approximate surface area is 477 Å². The van der Waals surface area contributed by atoms with E-state index in [9.17, 15) is 5.11 Å². The van der Waals surface area contributed by atoms with Crippen LogP contribution in [0.1, 0.15) is 40.7 Å². The molecule has 0 bridgehead atoms. The van der Waals surface area contributed by atoms with Crippen LogP contribution < -0.4 is 5.32 Å². The number of carbonyl (C=O) groups is 2. The first-order valence-corrected chi connectivity index (χ1v) is 32.0. The quantitative estimate of drug-likeness (QED) is 0.0593. The zero-order valence-electron chi connectivity index (χ0n) is 44.9. The maximum Gasteiger partial charge on any atom is 0.322 e. The van der Waals surface area contributed by atoms with Crippen LogP contribution in [0.5, 0.6) is 5.75 Å². The number of ether oxygens (including phenoxy) is 1. The average molecular weight is 1090 g/mol. The monoisotopic (exact) mass is 1080 g/mol. The van der Waals surface area contributed by atoms with Crippen LogP contribution in [0.25, 0.3) is 291 Å². The molecule has 2 saturated heterocycles. The fourth-order valence-electron chi connectivity index (χ4n) is 31.7. The molecule has 3 fully saturated rings. The van der Waals surface area contributed by atoms with E-state index in [0.29, 0.717) is 12.1 Å². The van der Waals surface area contributed by atoms with Gasteiger partial charge in [0.1, 0.15) is 5.75 Å². The minimum atomic E-state index is -1.63. The van der Waals surface area contributed by atoms with Crippen LogP contribution in [0.4, 0.5) is 5.69 Å². The molecule has 0 radical (unpaired) electrons. The van der Waals surface area contributed by atoms with Gasteiger partial charge in [-0.1, -0.05) is 18.2 Å². The van der Waals surface area contributed by atoms with Gasteiger partial charge in [-0.15, -0.1) is 6.58 Å². The van der Waals surface area contributed by atoms with Crippen LogP contribution in [0.3, 0.4) is 0 Å². The highest BCUT2D eigenvalue weighted by molar-refractivity contribution is 6.82. The van der Waals surface area contributed by atoms with Gasteiger partial charge >= 0.3 is 5.97 Å². The van der Waals surface area contributed by atoms with E-state index in [-0.39, 0.29) is 36.2 Å². The molecule has 378 valence electrons. The third kappa shape index (κ3) is 1.92. The summed E-state index contributed by atoms with van der Waals surface area (Å²) in [5, 5.41) is 100. The van der Waals surface area contributed by atoms with Crippen LogP contribution in [0.15, 0.2) is 43.0 Å². The van der Waals surface area contributed by atoms with Gasteiger partial charge in [-0.3, -0.25) is 14.5 Å². The van der Waals surface area contributed by atoms with E-state index in [0.717, 1.165) is 5.56 Å². The molecule has 1 amide bonds. The highest BCUT2D eigenvalue weighted by Crippen LogP contribution is 2.90. The number of nitrogens with one attached hydrogen (secondary N) is 1. The molecule has 0 unspecified atom stereocenters. The van der Waals surface area contributed by atoms with Crippen molar-refractivity contribution in [3.8, 4) is 5.75 Å². The van der Waals surface area contributed by atoms with Crippen molar-refractivity contribution < 1.29 is 19.4 Å². The molecule has 38 rings (SSSR count). The van der Waals surface area contributed by atoms with Crippen molar-refractivity contribution in [3.05, 3.63) is 70.8 Å². The summed E-state index contributed by atoms with van der Waals surface area (Å²) in [5.74, 6) is -0.625. The van der Waals surface area contributed by atoms with Gasteiger partial charge in [-0.2, -0.15) is 0 Å². The predicted molar refractivity (Wildman–Crippen MR) is 351 cm³/mol. The van der Waals surface area contributed by atoms with Crippen molar-refractivity contribution in [3.63, 3.8) is 0 Å². The Morgan fingerprint density at radius 1 is 0.494 bits per heavy atom. The number of anilines is 1. The Bertz CT molecular complexity index is 8290. The third-order valence-corrected chi connectivity index (χ3v) is 31.8. The molecule has 0 aromatic heterocycles. The minimum absolute atomic E-state index is 0.147. The van der Waals surface area contributed by atoms with E-state index in [1.807, 2.05) is 12.1 Å². The second-order valence-corrected chi connectivity index (χ2v) is 31.8. The Balaban J connectivity index is 0.954. The van der Waals surface area contributed by atoms with Crippen molar-refractivity contribution in [2.24, 2.45) is 10.8 Å². The molecule has 5 aliphatic carbocycles. The van der Waals surface area contributed by atoms with Crippen molar-refractivity contribution in [2.45, 2.75) is 47.2 Å². The van der Waals surface area contributed by atoms with Crippen LogP contribution in [-0.2, 0) is 30.6 Å². The number of fused-ring (bicyclic) bond motifs is 1. The Kier molecular flexibility index (Phi) is 3.18. The molecule has 29 aromatic carbocycles. The second kappa shape index (κ2) is 7.98. The summed E-state index contributed by atoms with van der Waals surface area (Å²) in [6, 6.07) is 4.84. The first-order valence-electron chi connectivity index (χ1n) is 32.0. The van der Waals surface area contributed by atoms with Crippen LogP contribution >= 0.6 is 0 Å². The van der Waals surface area contributed by atoms with Crippen molar-refractivity contribution in [2.75, 3.05) is 12.4 Å². The molecular weight excluding hydrogens is 1060 g/mol. The van der Waals surface area contributed by atoms with Gasteiger partial charge in [0.25, 0.3) is 0 Å². The number of aromatic hydroxyl groups is 1. The maximum atomic E-state index is 16.1. The summed E-state index contributed by atoms with van der Waals surface area (Å²) in [6.45, 7) is 4.81. The number of hydrogen-bond acceptors (Lipinski definition) is 5. The Hall–Kier alpha value is -10.1. The number of amides is 1. The zero-order valence-corrected chi connectivity index (χ0v) is 44.9. The number of carbonyl (C=O) groups excluding carboxylic acids is 2. The Morgan fingerprint density at radius 2 is 0.805 bits per heavy atom. The van der Waals surface area contributed by atoms with E-state index in [1.165, 1.54) is 7.11 Å². The highest BCUT2D eigenvalue weighted by atomic mass is 16.5. The van der Waals surface area contributed by atoms with Gasteiger partial charge in [-0.25, -0.2) is 0 Å². The fourth-order valence-corrected chi connectivity index (χ4v) is 31.7. The number of phenolic OH excluding ortho intramolecular Hbond substituents is 1. The fraction of sp³-hybridized carbons (Fsp3) is 0.136. The molecular formula is C81H20N2O4. The number of esters is 1. The van der Waals surface area contributed by atoms with E-state index in [1.54, 1.807) is 319 Å². The minimum Gasteiger partial charge on any atom is -0.508 e. The van der Waals surface area contributed by atoms with Gasteiger partial charge in [0, 0.05) is 34.6 Å². The van der Waals surface area contributed by atoms with Gasteiger partial charge in [-0.05, 0) is 350 Å². The molecule has 4 aliphatic heterocycles. The zero-order chi connectivity index (χ0) is 53.3. The third-order valence-electron chi connectivity index (χ3n) is 31.8. The molecule has 29 aromatic rings. The van der Waals surface area contributed by atoms with Crippen molar-refractivity contribution >= 4 is 308 Å². The number of hydrogen-bond donors (Lipinski definition) is 2. The standard InChI is InChI=1S/C81H20N2O4/c1-3-77-7-6-14-80-70-62-54-44-34-26-18-16-17-20-24-22(18)30-38-32(24)42-36-28(20)29-21(17)25-23-19(16)27(26)35-41-31(23)39-33(25)43-37(29)47-46(36)56-50(42)60-52(38)58(48(54)40(30)34)64(70)68(60)72-66(56)67-57(47)51(43)61-53(39)59-49(41)55(45(35)44)63(62)71(80)65(59)69(61)73(67)81(72,80)15-9-78(74(77)83(14)15)12-8-11(84)4-5-13(12)82-75(85)79(78,10-77)76(86)87-2/h3-8,14-15,74,84H,1,9-10H2,2H3,(H,82,85)/t14-,15+,74-,77-,78+,79-,80?,81?/m0/s1. The molecule has 87 heavy (non-hydrogen) atoms. The average Bonchev–Trinajstić information content (AvgIpc) is 1.38. The number of methoxy groups -OCH3 is 1. The topological polar surface area (TPSA) is 78.9 Å². The van der Waals surface area contributed by atoms with E-state index in [4.69, 9.17) is 11.3 Å². The summed E-state index contributed by atoms with van der Waals surface area (Å²) < 4.78 is 6.13. The lowest BCUT2D eigenvalue weighted by molar-refractivity contribution is -0.162. The number of nitrogens with zero attached hydrogens (tertiary/aromatic N) is 1. The second-order valence-electron chi connectivity index (χ2n) is 31.8. The summed E-state index contributed by atoms with van der Waals surface area (Å²) in [5.41, 5.74) is 3.18. The van der Waals surface area contributed by atoms with Crippen molar-refractivity contribution in [1.29, 1.82) is 0 Å². The van der Waals surface area contributed by atoms with Crippen molar-refractivity contribution in [1.82, 2.24) is 4.90 Å². The number of rotatable bonds is 2. The summed E-state index contributed by atoms with van der Waals surface area (Å²) in [7, 11) is 1.49. The first kappa shape index (κ1) is 34.7. The largest absolute Gasteiger partial charge is 0.508 e. The van der Waals surface area contributed by atoms with E-state index >= 15 is 9.59 Å². The Morgan fingerprint density at radius 3 is 1.11 bits per heavy atom. The van der Waals surface area contributed by atoms with Gasteiger partial charge in [0.15, 0.2) is 5.41 Å². The van der Waals surface area contributed by atoms with Gasteiger partial charge < -0.3 is 15.2 Å². The summed E-state index contributed by atoms with van der Waals surface area (Å²) in [4.78, 5) is 35.0. The smallest absolute Gasteiger partial charge is 0.322 e. The molecule has 1 saturated carbocycles. The molecule has 4 heterocycles. The van der Waals surface area contributed by atoms with Gasteiger partial charge in [0.05, 0.1) is 17.9 Å². The van der Waals surface area contributed by atoms with E-state index < -0.39 is 33.0 Å². The number of benzene rings is 19. The summed E-state index contributed by atoms with van der Waals surface area (Å²) >= 11 is 0. The lowest BCUT2D eigenvalue weighted by Gasteiger charge is -2.56. The number of phenols is 1. The van der Waals surface area contributed by atoms with Crippen LogP contribution in [0, 0.1) is 10.8 Å². The SMILES string of the molecule is C=C[C@]12C=C[C@@H]3N4[C@H](C[C@@]5(c6cc(O)ccc6NC(=O)[C@]5(C(=O)OC)C1)[C@@H]42)C12c4c5c6c7c8c9c(c%10c%11c1c1c4c4c%12c5c5c6c6c8c8c%13c9c9c%10c%10c%11c%11c1c1c4c4c%12c%12c5c5c6c8c6c8c%13c9c9c%10c%10c%11c1c1c4c4c%12c5c6c5c8c9c%10c1c45)C732. The first-order chi connectivity index (χ1) is 42.9. The molecule has 6 nitrogen and oxygen atoms in total. The van der Waals surface area contributed by atoms with E-state index in [2.05, 4.69) is 28.4 Å². The maximum absolute atomic E-state index is 16.1. The summed E-state index contributed by atoms with van der Waals surface area (Å²) in [6.07, 6.45) is 8.10. The van der Waals surface area contributed by atoms with Crippen LogP contribution in [-0.4, -0.2) is 47.1 Å². The lowest BCUT2D eigenvalue weighted by atomic mass is 9.44.